The summed E-state index contributed by atoms with van der Waals surface area (Å²) < 4.78 is 0. The summed E-state index contributed by atoms with van der Waals surface area (Å²) in [5.41, 5.74) is 10.4. The molecule has 0 aliphatic heterocycles. The monoisotopic (exact) mass is 132 g/mol. The van der Waals surface area contributed by atoms with Gasteiger partial charge in [-0.05, 0) is 32.4 Å². The SMILES string of the molecule is NCCCC(O)CCN. The molecular formula is C6H16N2O. The average Bonchev–Trinajstić information content (AvgIpc) is 1.85. The molecule has 3 nitrogen and oxygen atoms in total. The lowest BCUT2D eigenvalue weighted by atomic mass is 10.1. The van der Waals surface area contributed by atoms with Crippen LogP contribution in [0.5, 0.6) is 0 Å². The topological polar surface area (TPSA) is 72.3 Å². The van der Waals surface area contributed by atoms with Gasteiger partial charge in [-0.2, -0.15) is 0 Å². The maximum absolute atomic E-state index is 9.04. The normalized spacial score (nSPS) is 13.7. The van der Waals surface area contributed by atoms with E-state index in [0.717, 1.165) is 12.8 Å². The van der Waals surface area contributed by atoms with Gasteiger partial charge in [-0.1, -0.05) is 0 Å². The van der Waals surface area contributed by atoms with Gasteiger partial charge in [0.1, 0.15) is 0 Å². The molecule has 0 spiro atoms. The van der Waals surface area contributed by atoms with Crippen LogP contribution < -0.4 is 11.5 Å². The van der Waals surface area contributed by atoms with E-state index >= 15 is 0 Å². The predicted molar refractivity (Wildman–Crippen MR) is 38.0 cm³/mol. The predicted octanol–water partition coefficient (Wildman–Crippen LogP) is -0.565. The minimum absolute atomic E-state index is 0.237. The fourth-order valence-corrected chi connectivity index (χ4v) is 0.690. The lowest BCUT2D eigenvalue weighted by molar-refractivity contribution is 0.155. The van der Waals surface area contributed by atoms with Crippen molar-refractivity contribution in [2.75, 3.05) is 13.1 Å². The zero-order valence-corrected chi connectivity index (χ0v) is 5.71. The van der Waals surface area contributed by atoms with Gasteiger partial charge in [0.15, 0.2) is 0 Å². The highest BCUT2D eigenvalue weighted by atomic mass is 16.3. The molecule has 5 N–H and O–H groups in total. The molecule has 0 heterocycles. The van der Waals surface area contributed by atoms with Gasteiger partial charge in [-0.3, -0.25) is 0 Å². The summed E-state index contributed by atoms with van der Waals surface area (Å²) in [5.74, 6) is 0. The van der Waals surface area contributed by atoms with Crippen molar-refractivity contribution in [2.24, 2.45) is 11.5 Å². The molecule has 0 aliphatic carbocycles. The molecule has 56 valence electrons. The van der Waals surface area contributed by atoms with Crippen LogP contribution in [0.2, 0.25) is 0 Å². The first-order chi connectivity index (χ1) is 4.31. The number of hydrogen-bond acceptors (Lipinski definition) is 3. The van der Waals surface area contributed by atoms with Crippen LogP contribution in [0, 0.1) is 0 Å². The van der Waals surface area contributed by atoms with E-state index in [1.54, 1.807) is 0 Å². The van der Waals surface area contributed by atoms with Gasteiger partial charge in [0.25, 0.3) is 0 Å². The third-order valence-corrected chi connectivity index (χ3v) is 1.24. The molecule has 1 unspecified atom stereocenters. The van der Waals surface area contributed by atoms with Crippen molar-refractivity contribution in [3.8, 4) is 0 Å². The minimum atomic E-state index is -0.237. The lowest BCUT2D eigenvalue weighted by Crippen LogP contribution is -2.14. The first-order valence-electron chi connectivity index (χ1n) is 3.39. The number of aliphatic hydroxyl groups is 1. The van der Waals surface area contributed by atoms with Gasteiger partial charge in [0, 0.05) is 0 Å². The Labute approximate surface area is 56.0 Å². The Morgan fingerprint density at radius 2 is 1.78 bits per heavy atom. The summed E-state index contributed by atoms with van der Waals surface area (Å²) in [5, 5.41) is 9.04. The Morgan fingerprint density at radius 1 is 1.11 bits per heavy atom. The number of rotatable bonds is 5. The van der Waals surface area contributed by atoms with Crippen molar-refractivity contribution in [1.29, 1.82) is 0 Å². The smallest absolute Gasteiger partial charge is 0.0552 e. The van der Waals surface area contributed by atoms with Crippen LogP contribution in [0.1, 0.15) is 19.3 Å². The first kappa shape index (κ1) is 8.88. The van der Waals surface area contributed by atoms with Crippen LogP contribution in [0.25, 0.3) is 0 Å². The Hall–Kier alpha value is -0.120. The molecule has 1 atom stereocenters. The molecule has 0 aromatic carbocycles. The van der Waals surface area contributed by atoms with E-state index < -0.39 is 0 Å². The van der Waals surface area contributed by atoms with Gasteiger partial charge in [-0.25, -0.2) is 0 Å². The fourth-order valence-electron chi connectivity index (χ4n) is 0.690. The summed E-state index contributed by atoms with van der Waals surface area (Å²) in [7, 11) is 0. The zero-order chi connectivity index (χ0) is 7.11. The van der Waals surface area contributed by atoms with Crippen molar-refractivity contribution in [3.05, 3.63) is 0 Å². The molecule has 0 fully saturated rings. The lowest BCUT2D eigenvalue weighted by Gasteiger charge is -2.06. The van der Waals surface area contributed by atoms with E-state index in [4.69, 9.17) is 16.6 Å². The summed E-state index contributed by atoms with van der Waals surface area (Å²) in [6, 6.07) is 0. The summed E-state index contributed by atoms with van der Waals surface area (Å²) in [6.45, 7) is 1.22. The number of hydrogen-bond donors (Lipinski definition) is 3. The van der Waals surface area contributed by atoms with Gasteiger partial charge >= 0.3 is 0 Å². The maximum Gasteiger partial charge on any atom is 0.0552 e. The molecule has 0 aromatic rings. The number of nitrogens with two attached hydrogens (primary N) is 2. The van der Waals surface area contributed by atoms with Crippen molar-refractivity contribution in [1.82, 2.24) is 0 Å². The van der Waals surface area contributed by atoms with Crippen LogP contribution in [0.4, 0.5) is 0 Å². The molecular weight excluding hydrogens is 116 g/mol. The molecule has 0 radical (unpaired) electrons. The molecule has 0 saturated carbocycles. The van der Waals surface area contributed by atoms with Crippen LogP contribution in [-0.2, 0) is 0 Å². The van der Waals surface area contributed by atoms with E-state index in [2.05, 4.69) is 0 Å². The minimum Gasteiger partial charge on any atom is -0.393 e. The van der Waals surface area contributed by atoms with Crippen molar-refractivity contribution in [3.63, 3.8) is 0 Å². The molecule has 0 amide bonds. The third kappa shape index (κ3) is 5.76. The largest absolute Gasteiger partial charge is 0.393 e. The van der Waals surface area contributed by atoms with Crippen molar-refractivity contribution in [2.45, 2.75) is 25.4 Å². The van der Waals surface area contributed by atoms with Gasteiger partial charge < -0.3 is 16.6 Å². The third-order valence-electron chi connectivity index (χ3n) is 1.24. The Morgan fingerprint density at radius 3 is 2.22 bits per heavy atom. The van der Waals surface area contributed by atoms with E-state index in [1.165, 1.54) is 0 Å². The van der Waals surface area contributed by atoms with Crippen molar-refractivity contribution >= 4 is 0 Å². The summed E-state index contributed by atoms with van der Waals surface area (Å²) >= 11 is 0. The standard InChI is InChI=1S/C6H16N2O/c7-4-1-2-6(9)3-5-8/h6,9H,1-5,7-8H2. The summed E-state index contributed by atoms with van der Waals surface area (Å²) in [4.78, 5) is 0. The van der Waals surface area contributed by atoms with Crippen molar-refractivity contribution < 1.29 is 5.11 Å². The molecule has 3 heteroatoms. The zero-order valence-electron chi connectivity index (χ0n) is 5.71. The highest BCUT2D eigenvalue weighted by Crippen LogP contribution is 1.97. The van der Waals surface area contributed by atoms with Crippen LogP contribution in [0.15, 0.2) is 0 Å². The average molecular weight is 132 g/mol. The van der Waals surface area contributed by atoms with Crippen LogP contribution in [-0.4, -0.2) is 24.3 Å². The van der Waals surface area contributed by atoms with Gasteiger partial charge in [0.05, 0.1) is 6.10 Å². The van der Waals surface area contributed by atoms with Gasteiger partial charge in [0.2, 0.25) is 0 Å². The molecule has 0 rings (SSSR count). The second kappa shape index (κ2) is 6.01. The Balaban J connectivity index is 2.95. The van der Waals surface area contributed by atoms with E-state index in [-0.39, 0.29) is 6.10 Å². The second-order valence-corrected chi connectivity index (χ2v) is 2.16. The molecule has 0 bridgehead atoms. The molecule has 0 saturated heterocycles. The van der Waals surface area contributed by atoms with E-state index in [1.807, 2.05) is 0 Å². The molecule has 0 aliphatic rings. The Kier molecular flexibility index (Phi) is 5.93. The maximum atomic E-state index is 9.04. The molecule has 9 heavy (non-hydrogen) atoms. The van der Waals surface area contributed by atoms with Gasteiger partial charge in [-0.15, -0.1) is 0 Å². The quantitative estimate of drug-likeness (QED) is 0.469. The summed E-state index contributed by atoms with van der Waals surface area (Å²) in [6.07, 6.45) is 2.13. The highest BCUT2D eigenvalue weighted by molar-refractivity contribution is 4.55. The van der Waals surface area contributed by atoms with Crippen LogP contribution >= 0.6 is 0 Å². The van der Waals surface area contributed by atoms with E-state index in [9.17, 15) is 0 Å². The van der Waals surface area contributed by atoms with Crippen LogP contribution in [0.3, 0.4) is 0 Å². The van der Waals surface area contributed by atoms with E-state index in [0.29, 0.717) is 19.5 Å². The first-order valence-corrected chi connectivity index (χ1v) is 3.39. The number of aliphatic hydroxyl groups excluding tert-OH is 1. The Bertz CT molecular complexity index is 59.0. The second-order valence-electron chi connectivity index (χ2n) is 2.16. The fraction of sp³-hybridized carbons (Fsp3) is 1.00. The highest BCUT2D eigenvalue weighted by Gasteiger charge is 1.99. The molecule has 0 aromatic heterocycles.